The normalized spacial score (nSPS) is 10.8. The summed E-state index contributed by atoms with van der Waals surface area (Å²) >= 11 is 1.43. The molecular formula is C12H13NO5S. The standard InChI is InChI=1S/C12H13NO5S/c1-16-4-5-17-7-8-10(12(14)15)13-11(18-8)9-3-2-6-19-9/h2-3,6H,4-5,7H2,1H3,(H,14,15). The van der Waals surface area contributed by atoms with E-state index in [2.05, 4.69) is 4.98 Å². The highest BCUT2D eigenvalue weighted by molar-refractivity contribution is 7.13. The molecule has 0 aliphatic carbocycles. The second kappa shape index (κ2) is 6.46. The maximum Gasteiger partial charge on any atom is 0.358 e. The topological polar surface area (TPSA) is 81.8 Å². The van der Waals surface area contributed by atoms with Crippen molar-refractivity contribution in [3.05, 3.63) is 29.0 Å². The quantitative estimate of drug-likeness (QED) is 0.785. The van der Waals surface area contributed by atoms with Crippen LogP contribution in [0.15, 0.2) is 21.9 Å². The van der Waals surface area contributed by atoms with E-state index >= 15 is 0 Å². The molecule has 6 nitrogen and oxygen atoms in total. The summed E-state index contributed by atoms with van der Waals surface area (Å²) in [7, 11) is 1.56. The predicted octanol–water partition coefficient (Wildman–Crippen LogP) is 2.26. The smallest absolute Gasteiger partial charge is 0.358 e. The fourth-order valence-electron chi connectivity index (χ4n) is 1.43. The number of hydrogen-bond donors (Lipinski definition) is 1. The second-order valence-corrected chi connectivity index (χ2v) is 4.57. The highest BCUT2D eigenvalue weighted by Gasteiger charge is 2.20. The number of carbonyl (C=O) groups is 1. The molecule has 0 aliphatic heterocycles. The number of rotatable bonds is 7. The largest absolute Gasteiger partial charge is 0.476 e. The van der Waals surface area contributed by atoms with Crippen molar-refractivity contribution in [3.8, 4) is 10.8 Å². The first-order valence-corrected chi connectivity index (χ1v) is 6.44. The van der Waals surface area contributed by atoms with Crippen molar-refractivity contribution in [3.63, 3.8) is 0 Å². The molecule has 0 radical (unpaired) electrons. The van der Waals surface area contributed by atoms with E-state index in [-0.39, 0.29) is 18.1 Å². The molecular weight excluding hydrogens is 270 g/mol. The molecule has 7 heteroatoms. The molecule has 0 unspecified atom stereocenters. The number of aromatic nitrogens is 1. The van der Waals surface area contributed by atoms with Gasteiger partial charge in [-0.25, -0.2) is 9.78 Å². The predicted molar refractivity (Wildman–Crippen MR) is 68.3 cm³/mol. The van der Waals surface area contributed by atoms with Crippen LogP contribution in [0, 0.1) is 0 Å². The molecule has 0 atom stereocenters. The molecule has 2 aromatic heterocycles. The van der Waals surface area contributed by atoms with Crippen molar-refractivity contribution in [2.24, 2.45) is 0 Å². The number of thiophene rings is 1. The SMILES string of the molecule is COCCOCc1oc(-c2cccs2)nc1C(=O)O. The molecule has 2 heterocycles. The summed E-state index contributed by atoms with van der Waals surface area (Å²) < 4.78 is 15.6. The van der Waals surface area contributed by atoms with E-state index in [0.717, 1.165) is 4.88 Å². The van der Waals surface area contributed by atoms with Crippen molar-refractivity contribution < 1.29 is 23.8 Å². The van der Waals surface area contributed by atoms with E-state index in [4.69, 9.17) is 19.0 Å². The lowest BCUT2D eigenvalue weighted by atomic mass is 10.3. The van der Waals surface area contributed by atoms with Crippen LogP contribution in [0.5, 0.6) is 0 Å². The van der Waals surface area contributed by atoms with Crippen LogP contribution in [-0.4, -0.2) is 36.4 Å². The molecule has 0 fully saturated rings. The minimum atomic E-state index is -1.13. The Labute approximate surface area is 113 Å². The first-order chi connectivity index (χ1) is 9.22. The van der Waals surface area contributed by atoms with E-state index < -0.39 is 5.97 Å². The van der Waals surface area contributed by atoms with Crippen LogP contribution in [0.2, 0.25) is 0 Å². The highest BCUT2D eigenvalue weighted by Crippen LogP contribution is 2.26. The third-order valence-electron chi connectivity index (χ3n) is 2.30. The highest BCUT2D eigenvalue weighted by atomic mass is 32.1. The van der Waals surface area contributed by atoms with Gasteiger partial charge in [-0.3, -0.25) is 0 Å². The maximum atomic E-state index is 11.1. The number of carboxylic acids is 1. The zero-order chi connectivity index (χ0) is 13.7. The summed E-state index contributed by atoms with van der Waals surface area (Å²) in [5, 5.41) is 10.9. The Hall–Kier alpha value is -1.70. The summed E-state index contributed by atoms with van der Waals surface area (Å²) in [4.78, 5) is 15.9. The van der Waals surface area contributed by atoms with Gasteiger partial charge in [0.2, 0.25) is 5.89 Å². The van der Waals surface area contributed by atoms with Gasteiger partial charge in [-0.15, -0.1) is 11.3 Å². The Morgan fingerprint density at radius 3 is 3.00 bits per heavy atom. The number of aromatic carboxylic acids is 1. The van der Waals surface area contributed by atoms with Crippen molar-refractivity contribution in [1.29, 1.82) is 0 Å². The molecule has 19 heavy (non-hydrogen) atoms. The van der Waals surface area contributed by atoms with Crippen LogP contribution in [0.4, 0.5) is 0 Å². The number of carboxylic acid groups (broad SMARTS) is 1. The molecule has 0 saturated heterocycles. The van der Waals surface area contributed by atoms with E-state index in [0.29, 0.717) is 19.1 Å². The molecule has 0 aromatic carbocycles. The number of nitrogens with zero attached hydrogens (tertiary/aromatic N) is 1. The third kappa shape index (κ3) is 3.40. The minimum absolute atomic E-state index is 0.0589. The summed E-state index contributed by atoms with van der Waals surface area (Å²) in [5.74, 6) is -0.610. The fraction of sp³-hybridized carbons (Fsp3) is 0.333. The zero-order valence-corrected chi connectivity index (χ0v) is 11.1. The number of methoxy groups -OCH3 is 1. The van der Waals surface area contributed by atoms with E-state index in [1.54, 1.807) is 7.11 Å². The first kappa shape index (κ1) is 13.7. The Morgan fingerprint density at radius 1 is 1.53 bits per heavy atom. The van der Waals surface area contributed by atoms with E-state index in [9.17, 15) is 4.79 Å². The lowest BCUT2D eigenvalue weighted by molar-refractivity contribution is 0.0517. The summed E-state index contributed by atoms with van der Waals surface area (Å²) in [6.07, 6.45) is 0. The third-order valence-corrected chi connectivity index (χ3v) is 3.15. The molecule has 2 aromatic rings. The van der Waals surface area contributed by atoms with E-state index in [1.807, 2.05) is 17.5 Å². The number of ether oxygens (including phenoxy) is 2. The van der Waals surface area contributed by atoms with Crippen LogP contribution in [0.25, 0.3) is 10.8 Å². The fourth-order valence-corrected chi connectivity index (χ4v) is 2.08. The van der Waals surface area contributed by atoms with Gasteiger partial charge in [-0.2, -0.15) is 0 Å². The molecule has 1 N–H and O–H groups in total. The summed E-state index contributed by atoms with van der Waals surface area (Å²) in [6, 6.07) is 3.66. The summed E-state index contributed by atoms with van der Waals surface area (Å²) in [5.41, 5.74) is -0.110. The number of oxazole rings is 1. The average molecular weight is 283 g/mol. The Morgan fingerprint density at radius 2 is 2.37 bits per heavy atom. The molecule has 0 spiro atoms. The molecule has 2 rings (SSSR count). The average Bonchev–Trinajstić information content (AvgIpc) is 3.03. The second-order valence-electron chi connectivity index (χ2n) is 3.62. The number of hydrogen-bond acceptors (Lipinski definition) is 6. The van der Waals surface area contributed by atoms with Gasteiger partial charge in [0.15, 0.2) is 11.5 Å². The Bertz CT molecular complexity index is 534. The van der Waals surface area contributed by atoms with Crippen LogP contribution in [-0.2, 0) is 16.1 Å². The summed E-state index contributed by atoms with van der Waals surface area (Å²) in [6.45, 7) is 0.863. The Balaban J connectivity index is 2.14. The zero-order valence-electron chi connectivity index (χ0n) is 10.3. The van der Waals surface area contributed by atoms with Crippen molar-refractivity contribution in [1.82, 2.24) is 4.98 Å². The first-order valence-electron chi connectivity index (χ1n) is 5.56. The molecule has 0 amide bonds. The van der Waals surface area contributed by atoms with Crippen LogP contribution in [0.1, 0.15) is 16.2 Å². The van der Waals surface area contributed by atoms with Gasteiger partial charge in [-0.1, -0.05) is 6.07 Å². The van der Waals surface area contributed by atoms with Gasteiger partial charge in [0, 0.05) is 7.11 Å². The Kier molecular flexibility index (Phi) is 4.67. The van der Waals surface area contributed by atoms with Gasteiger partial charge in [-0.05, 0) is 11.4 Å². The monoisotopic (exact) mass is 283 g/mol. The molecule has 0 bridgehead atoms. The van der Waals surface area contributed by atoms with Crippen molar-refractivity contribution in [2.75, 3.05) is 20.3 Å². The van der Waals surface area contributed by atoms with Gasteiger partial charge in [0.1, 0.15) is 6.61 Å². The van der Waals surface area contributed by atoms with E-state index in [1.165, 1.54) is 11.3 Å². The van der Waals surface area contributed by atoms with Gasteiger partial charge < -0.3 is 19.0 Å². The van der Waals surface area contributed by atoms with Crippen molar-refractivity contribution in [2.45, 2.75) is 6.61 Å². The van der Waals surface area contributed by atoms with Crippen molar-refractivity contribution >= 4 is 17.3 Å². The molecule has 102 valence electrons. The van der Waals surface area contributed by atoms with Gasteiger partial charge >= 0.3 is 5.97 Å². The van der Waals surface area contributed by atoms with Gasteiger partial charge in [0.25, 0.3) is 0 Å². The van der Waals surface area contributed by atoms with Crippen LogP contribution >= 0.6 is 11.3 Å². The van der Waals surface area contributed by atoms with Crippen LogP contribution in [0.3, 0.4) is 0 Å². The van der Waals surface area contributed by atoms with Crippen LogP contribution < -0.4 is 0 Å². The maximum absolute atomic E-state index is 11.1. The van der Waals surface area contributed by atoms with Gasteiger partial charge in [0.05, 0.1) is 18.1 Å². The molecule has 0 aliphatic rings. The minimum Gasteiger partial charge on any atom is -0.476 e. The molecule has 0 saturated carbocycles. The lowest BCUT2D eigenvalue weighted by Crippen LogP contribution is -2.05. The lowest BCUT2D eigenvalue weighted by Gasteiger charge is -2.00.